The van der Waals surface area contributed by atoms with E-state index in [0.717, 1.165) is 17.1 Å². The van der Waals surface area contributed by atoms with Gasteiger partial charge in [-0.1, -0.05) is 11.6 Å². The molecule has 2 fully saturated rings. The molecule has 0 unspecified atom stereocenters. The third-order valence-electron chi connectivity index (χ3n) is 9.09. The molecule has 2 aliphatic rings. The van der Waals surface area contributed by atoms with Crippen LogP contribution in [0.5, 0.6) is 0 Å². The van der Waals surface area contributed by atoms with Gasteiger partial charge in [0.05, 0.1) is 45.6 Å². The van der Waals surface area contributed by atoms with Crippen LogP contribution < -0.4 is 16.8 Å². The van der Waals surface area contributed by atoms with Crippen molar-refractivity contribution < 1.29 is 37.5 Å². The van der Waals surface area contributed by atoms with Gasteiger partial charge >= 0.3 is 12.3 Å². The normalized spacial score (nSPS) is 15.5. The Bertz CT molecular complexity index is 2050. The highest BCUT2D eigenvalue weighted by molar-refractivity contribution is 6.34. The van der Waals surface area contributed by atoms with E-state index in [0.29, 0.717) is 39.0 Å². The maximum atomic E-state index is 14.1. The summed E-state index contributed by atoms with van der Waals surface area (Å²) >= 11 is 6.47. The number of pyridine rings is 1. The Labute approximate surface area is 298 Å². The molecule has 2 saturated heterocycles. The predicted molar refractivity (Wildman–Crippen MR) is 182 cm³/mol. The molecule has 4 aromatic rings. The number of carbonyl (C=O) groups is 4. The SMILES string of the molecule is Cn1c(-c2cn(-c3cc(N)c(N)cn3)nc2C(F)(F)F)cnc1C(=O)Nc1ccc(C(=O)N2CCN(C(=O)C3CCN(C(=O)O)CC3)CC2)c(Cl)c1. The first-order valence-electron chi connectivity index (χ1n) is 16.0. The molecule has 4 amide bonds. The Morgan fingerprint density at radius 2 is 1.60 bits per heavy atom. The molecule has 20 heteroatoms. The number of hydrogen-bond acceptors (Lipinski definition) is 9. The van der Waals surface area contributed by atoms with Crippen molar-refractivity contribution in [2.75, 3.05) is 56.1 Å². The minimum atomic E-state index is -4.86. The van der Waals surface area contributed by atoms with Crippen LogP contribution in [-0.2, 0) is 18.0 Å². The van der Waals surface area contributed by atoms with Crippen molar-refractivity contribution in [2.24, 2.45) is 13.0 Å². The molecule has 0 radical (unpaired) electrons. The van der Waals surface area contributed by atoms with Gasteiger partial charge in [-0.05, 0) is 31.0 Å². The fraction of sp³-hybridized carbons (Fsp3) is 0.344. The lowest BCUT2D eigenvalue weighted by Crippen LogP contribution is -2.53. The summed E-state index contributed by atoms with van der Waals surface area (Å²) in [7, 11) is 1.37. The molecule has 5 heterocycles. The molecular formula is C32H33ClF3N11O5. The Kier molecular flexibility index (Phi) is 9.71. The molecule has 2 aliphatic heterocycles. The molecule has 3 aromatic heterocycles. The van der Waals surface area contributed by atoms with Crippen molar-refractivity contribution in [1.29, 1.82) is 0 Å². The number of carbonyl (C=O) groups excluding carboxylic acids is 3. The number of piperazine rings is 1. The number of rotatable bonds is 6. The molecule has 0 atom stereocenters. The Hall–Kier alpha value is -5.85. The van der Waals surface area contributed by atoms with Gasteiger partial charge in [0.25, 0.3) is 11.8 Å². The number of halogens is 4. The van der Waals surface area contributed by atoms with E-state index in [1.807, 2.05) is 0 Å². The highest BCUT2D eigenvalue weighted by Crippen LogP contribution is 2.37. The number of amides is 4. The van der Waals surface area contributed by atoms with Crippen LogP contribution in [-0.4, -0.2) is 107 Å². The zero-order valence-corrected chi connectivity index (χ0v) is 28.4. The smallest absolute Gasteiger partial charge is 0.435 e. The molecule has 52 heavy (non-hydrogen) atoms. The highest BCUT2D eigenvalue weighted by atomic mass is 35.5. The fourth-order valence-corrected chi connectivity index (χ4v) is 6.44. The number of nitrogen functional groups attached to an aromatic ring is 2. The summed E-state index contributed by atoms with van der Waals surface area (Å²) in [6, 6.07) is 5.55. The quantitative estimate of drug-likeness (QED) is 0.226. The third-order valence-corrected chi connectivity index (χ3v) is 9.40. The number of alkyl halides is 3. The fourth-order valence-electron chi connectivity index (χ4n) is 6.18. The number of nitrogens with zero attached hydrogens (tertiary/aromatic N) is 8. The number of likely N-dealkylation sites (tertiary alicyclic amines) is 1. The van der Waals surface area contributed by atoms with Crippen LogP contribution in [0.3, 0.4) is 0 Å². The topological polar surface area (TPSA) is 211 Å². The second-order valence-corrected chi connectivity index (χ2v) is 12.7. The lowest BCUT2D eigenvalue weighted by Gasteiger charge is -2.38. The van der Waals surface area contributed by atoms with Crippen LogP contribution in [0.1, 0.15) is 39.5 Å². The summed E-state index contributed by atoms with van der Waals surface area (Å²) < 4.78 is 44.3. The van der Waals surface area contributed by atoms with Crippen molar-refractivity contribution in [2.45, 2.75) is 19.0 Å². The number of imidazole rings is 1. The first-order valence-corrected chi connectivity index (χ1v) is 16.4. The van der Waals surface area contributed by atoms with Gasteiger partial charge < -0.3 is 41.2 Å². The second-order valence-electron chi connectivity index (χ2n) is 12.3. The van der Waals surface area contributed by atoms with Crippen LogP contribution in [0.2, 0.25) is 5.02 Å². The van der Waals surface area contributed by atoms with E-state index in [1.165, 1.54) is 47.0 Å². The third kappa shape index (κ3) is 7.16. The molecule has 274 valence electrons. The van der Waals surface area contributed by atoms with Crippen LogP contribution in [0.25, 0.3) is 17.1 Å². The van der Waals surface area contributed by atoms with Crippen LogP contribution in [0, 0.1) is 5.92 Å². The summed E-state index contributed by atoms with van der Waals surface area (Å²) in [4.78, 5) is 63.4. The number of hydrogen-bond donors (Lipinski definition) is 4. The molecule has 0 aliphatic carbocycles. The van der Waals surface area contributed by atoms with Crippen LogP contribution >= 0.6 is 11.6 Å². The zero-order chi connectivity index (χ0) is 37.5. The number of nitrogens with one attached hydrogen (secondary N) is 1. The van der Waals surface area contributed by atoms with Gasteiger partial charge in [-0.15, -0.1) is 0 Å². The minimum absolute atomic E-state index is 0.00770. The standard InChI is InChI=1S/C32H33ClF3N11O5/c1-43-24(20-16-47(42-26(20)32(34,35)36)25-13-22(37)23(38)14-39-25)15-40-27(43)28(48)41-18-2-3-19(21(33)12-18)30(50)45-10-8-44(9-11-45)29(49)17-4-6-46(7-5-17)31(51)52/h2-3,12-17H,4-11,38H2,1H3,(H2,37,39)(H,41,48)(H,51,52). The molecule has 0 saturated carbocycles. The summed E-state index contributed by atoms with van der Waals surface area (Å²) in [5, 5.41) is 15.5. The Morgan fingerprint density at radius 1 is 0.923 bits per heavy atom. The van der Waals surface area contributed by atoms with Crippen molar-refractivity contribution >= 4 is 52.5 Å². The summed E-state index contributed by atoms with van der Waals surface area (Å²) in [5.41, 5.74) is 10.4. The molecule has 0 bridgehead atoms. The lowest BCUT2D eigenvalue weighted by atomic mass is 9.95. The maximum absolute atomic E-state index is 14.1. The zero-order valence-electron chi connectivity index (χ0n) is 27.6. The van der Waals surface area contributed by atoms with E-state index in [-0.39, 0.29) is 81.4 Å². The van der Waals surface area contributed by atoms with Gasteiger partial charge in [-0.3, -0.25) is 14.4 Å². The first kappa shape index (κ1) is 36.0. The number of nitrogens with two attached hydrogens (primary N) is 2. The minimum Gasteiger partial charge on any atom is -0.465 e. The van der Waals surface area contributed by atoms with Crippen molar-refractivity contribution in [3.8, 4) is 17.1 Å². The van der Waals surface area contributed by atoms with Crippen molar-refractivity contribution in [3.05, 3.63) is 65.0 Å². The highest BCUT2D eigenvalue weighted by Gasteiger charge is 2.39. The number of carboxylic acid groups (broad SMARTS) is 1. The van der Waals surface area contributed by atoms with E-state index in [1.54, 1.807) is 9.80 Å². The monoisotopic (exact) mass is 743 g/mol. The second kappa shape index (κ2) is 14.0. The van der Waals surface area contributed by atoms with E-state index in [2.05, 4.69) is 20.4 Å². The Balaban J connectivity index is 1.11. The number of aromatic nitrogens is 5. The van der Waals surface area contributed by atoms with E-state index in [4.69, 9.17) is 28.2 Å². The molecule has 6 N–H and O–H groups in total. The van der Waals surface area contributed by atoms with Crippen molar-refractivity contribution in [1.82, 2.24) is 39.0 Å². The Morgan fingerprint density at radius 3 is 2.21 bits per heavy atom. The predicted octanol–water partition coefficient (Wildman–Crippen LogP) is 3.43. The van der Waals surface area contributed by atoms with Crippen LogP contribution in [0.15, 0.2) is 42.9 Å². The molecular weight excluding hydrogens is 711 g/mol. The van der Waals surface area contributed by atoms with E-state index < -0.39 is 23.9 Å². The van der Waals surface area contributed by atoms with E-state index in [9.17, 15) is 32.3 Å². The van der Waals surface area contributed by atoms with Gasteiger partial charge in [-0.25, -0.2) is 19.4 Å². The summed E-state index contributed by atoms with van der Waals surface area (Å²) in [6.07, 6.45) is -1.55. The van der Waals surface area contributed by atoms with Crippen LogP contribution in [0.4, 0.5) is 35.0 Å². The summed E-state index contributed by atoms with van der Waals surface area (Å²) in [6.45, 7) is 1.79. The molecule has 0 spiro atoms. The molecule has 16 nitrogen and oxygen atoms in total. The number of piperidine rings is 1. The van der Waals surface area contributed by atoms with Gasteiger partial charge in [-0.2, -0.15) is 18.3 Å². The number of anilines is 3. The van der Waals surface area contributed by atoms with Gasteiger partial charge in [0.15, 0.2) is 17.3 Å². The van der Waals surface area contributed by atoms with Gasteiger partial charge in [0.1, 0.15) is 0 Å². The molecule has 6 rings (SSSR count). The summed E-state index contributed by atoms with van der Waals surface area (Å²) in [5.74, 6) is -1.66. The molecule has 1 aromatic carbocycles. The first-order chi connectivity index (χ1) is 24.6. The van der Waals surface area contributed by atoms with E-state index >= 15 is 0 Å². The average molecular weight is 744 g/mol. The largest absolute Gasteiger partial charge is 0.465 e. The van der Waals surface area contributed by atoms with Gasteiger partial charge in [0, 0.05) is 70.2 Å². The van der Waals surface area contributed by atoms with Crippen molar-refractivity contribution in [3.63, 3.8) is 0 Å². The maximum Gasteiger partial charge on any atom is 0.435 e. The van der Waals surface area contributed by atoms with Gasteiger partial charge in [0.2, 0.25) is 5.91 Å². The average Bonchev–Trinajstić information content (AvgIpc) is 3.73. The lowest BCUT2D eigenvalue weighted by molar-refractivity contribution is -0.141. The number of benzene rings is 1.